The van der Waals surface area contributed by atoms with Crippen molar-refractivity contribution >= 4 is 5.82 Å². The minimum atomic E-state index is -0.119. The maximum atomic E-state index is 11.1. The van der Waals surface area contributed by atoms with Crippen LogP contribution in [0.1, 0.15) is 27.7 Å². The fourth-order valence-corrected chi connectivity index (χ4v) is 2.52. The molecule has 1 heterocycles. The van der Waals surface area contributed by atoms with Crippen molar-refractivity contribution in [3.8, 4) is 0 Å². The van der Waals surface area contributed by atoms with Crippen LogP contribution < -0.4 is 10.9 Å². The number of hydrogen-bond donors (Lipinski definition) is 2. The molecule has 0 saturated heterocycles. The topological polar surface area (TPSA) is 57.8 Å². The van der Waals surface area contributed by atoms with Gasteiger partial charge in [0.25, 0.3) is 5.56 Å². The average Bonchev–Trinajstić information content (AvgIpc) is 2.55. The van der Waals surface area contributed by atoms with Gasteiger partial charge < -0.3 is 10.3 Å². The van der Waals surface area contributed by atoms with Gasteiger partial charge in [-0.1, -0.05) is 27.7 Å². The van der Waals surface area contributed by atoms with Crippen LogP contribution in [0.2, 0.25) is 0 Å². The molecule has 0 atom stereocenters. The Balaban J connectivity index is 1.98. The van der Waals surface area contributed by atoms with Gasteiger partial charge in [0.2, 0.25) is 0 Å². The Morgan fingerprint density at radius 3 is 2.50 bits per heavy atom. The van der Waals surface area contributed by atoms with E-state index in [1.54, 1.807) is 0 Å². The second kappa shape index (κ2) is 3.34. The Morgan fingerprint density at radius 1 is 1.38 bits per heavy atom. The van der Waals surface area contributed by atoms with E-state index in [2.05, 4.69) is 43.0 Å². The third kappa shape index (κ3) is 1.62. The lowest BCUT2D eigenvalue weighted by atomic mass is 10.0. The SMILES string of the molecule is CC1(C)C(CNc2cc(=O)[nH]cn2)C1(C)C. The van der Waals surface area contributed by atoms with Gasteiger partial charge in [0.05, 0.1) is 6.33 Å². The molecule has 4 heteroatoms. The molecule has 88 valence electrons. The lowest BCUT2D eigenvalue weighted by Crippen LogP contribution is -2.12. The van der Waals surface area contributed by atoms with Crippen molar-refractivity contribution in [2.24, 2.45) is 16.7 Å². The Labute approximate surface area is 95.5 Å². The molecule has 0 radical (unpaired) electrons. The van der Waals surface area contributed by atoms with Crippen molar-refractivity contribution in [3.05, 3.63) is 22.7 Å². The first-order chi connectivity index (χ1) is 7.35. The number of nitrogens with zero attached hydrogens (tertiary/aromatic N) is 1. The largest absolute Gasteiger partial charge is 0.370 e. The molecule has 16 heavy (non-hydrogen) atoms. The predicted molar refractivity (Wildman–Crippen MR) is 64.4 cm³/mol. The molecule has 1 fully saturated rings. The van der Waals surface area contributed by atoms with Crippen LogP contribution in [0.25, 0.3) is 0 Å². The monoisotopic (exact) mass is 221 g/mol. The van der Waals surface area contributed by atoms with E-state index in [0.29, 0.717) is 22.6 Å². The molecule has 0 bridgehead atoms. The quantitative estimate of drug-likeness (QED) is 0.819. The van der Waals surface area contributed by atoms with E-state index in [-0.39, 0.29) is 5.56 Å². The van der Waals surface area contributed by atoms with Crippen molar-refractivity contribution < 1.29 is 0 Å². The highest BCUT2D eigenvalue weighted by molar-refractivity contribution is 5.33. The number of hydrogen-bond acceptors (Lipinski definition) is 3. The van der Waals surface area contributed by atoms with Crippen molar-refractivity contribution in [2.45, 2.75) is 27.7 Å². The standard InChI is InChI=1S/C12H19N3O/c1-11(2)8(12(11,3)4)6-13-9-5-10(16)15-7-14-9/h5,7-8H,6H2,1-4H3,(H2,13,14,15,16). The highest BCUT2D eigenvalue weighted by atomic mass is 16.1. The number of aromatic nitrogens is 2. The normalized spacial score (nSPS) is 21.8. The Kier molecular flexibility index (Phi) is 2.33. The highest BCUT2D eigenvalue weighted by Gasteiger charge is 2.64. The first-order valence-corrected chi connectivity index (χ1v) is 5.64. The summed E-state index contributed by atoms with van der Waals surface area (Å²) in [7, 11) is 0. The highest BCUT2D eigenvalue weighted by Crippen LogP contribution is 2.68. The van der Waals surface area contributed by atoms with Crippen LogP contribution in [0.15, 0.2) is 17.2 Å². The molecule has 1 aliphatic carbocycles. The molecule has 1 aromatic rings. The zero-order chi connectivity index (χ0) is 12.0. The van der Waals surface area contributed by atoms with Gasteiger partial charge in [-0.05, 0) is 16.7 Å². The van der Waals surface area contributed by atoms with Gasteiger partial charge >= 0.3 is 0 Å². The predicted octanol–water partition coefficient (Wildman–Crippen LogP) is 1.86. The summed E-state index contributed by atoms with van der Waals surface area (Å²) in [6.45, 7) is 10.0. The molecule has 0 spiro atoms. The summed E-state index contributed by atoms with van der Waals surface area (Å²) in [4.78, 5) is 17.6. The van der Waals surface area contributed by atoms with Crippen molar-refractivity contribution in [3.63, 3.8) is 0 Å². The second-order valence-corrected chi connectivity index (χ2v) is 5.67. The average molecular weight is 221 g/mol. The van der Waals surface area contributed by atoms with Gasteiger partial charge in [0.15, 0.2) is 0 Å². The van der Waals surface area contributed by atoms with E-state index in [1.165, 1.54) is 12.4 Å². The summed E-state index contributed by atoms with van der Waals surface area (Å²) in [6, 6.07) is 1.49. The molecule has 0 aromatic carbocycles. The lowest BCUT2D eigenvalue weighted by Gasteiger charge is -2.05. The third-order valence-corrected chi connectivity index (χ3v) is 4.49. The van der Waals surface area contributed by atoms with Crippen molar-refractivity contribution in [2.75, 3.05) is 11.9 Å². The minimum absolute atomic E-state index is 0.119. The number of rotatable bonds is 3. The van der Waals surface area contributed by atoms with E-state index in [1.807, 2.05) is 0 Å². The molecular weight excluding hydrogens is 202 g/mol. The summed E-state index contributed by atoms with van der Waals surface area (Å²) in [6.07, 6.45) is 1.42. The van der Waals surface area contributed by atoms with Crippen LogP contribution >= 0.6 is 0 Å². The molecule has 1 aromatic heterocycles. The van der Waals surface area contributed by atoms with E-state index in [0.717, 1.165) is 6.54 Å². The molecule has 0 unspecified atom stereocenters. The maximum Gasteiger partial charge on any atom is 0.252 e. The number of nitrogens with one attached hydrogen (secondary N) is 2. The van der Waals surface area contributed by atoms with E-state index in [4.69, 9.17) is 0 Å². The van der Waals surface area contributed by atoms with Gasteiger partial charge in [-0.25, -0.2) is 4.98 Å². The number of anilines is 1. The van der Waals surface area contributed by atoms with Crippen LogP contribution in [0.5, 0.6) is 0 Å². The van der Waals surface area contributed by atoms with Crippen molar-refractivity contribution in [1.29, 1.82) is 0 Å². The Morgan fingerprint density at radius 2 is 2.00 bits per heavy atom. The summed E-state index contributed by atoms with van der Waals surface area (Å²) < 4.78 is 0. The third-order valence-electron chi connectivity index (χ3n) is 4.49. The Bertz CT molecular complexity index is 434. The fourth-order valence-electron chi connectivity index (χ4n) is 2.52. The van der Waals surface area contributed by atoms with Gasteiger partial charge in [-0.15, -0.1) is 0 Å². The first-order valence-electron chi connectivity index (χ1n) is 5.64. The molecule has 1 aliphatic rings. The summed E-state index contributed by atoms with van der Waals surface area (Å²) in [5, 5.41) is 3.23. The van der Waals surface area contributed by atoms with Crippen LogP contribution in [-0.2, 0) is 0 Å². The zero-order valence-corrected chi connectivity index (χ0v) is 10.3. The van der Waals surface area contributed by atoms with Gasteiger partial charge in [0.1, 0.15) is 5.82 Å². The van der Waals surface area contributed by atoms with Crippen LogP contribution in [-0.4, -0.2) is 16.5 Å². The van der Waals surface area contributed by atoms with E-state index >= 15 is 0 Å². The summed E-state index contributed by atoms with van der Waals surface area (Å²) in [5.74, 6) is 1.28. The molecule has 0 aliphatic heterocycles. The van der Waals surface area contributed by atoms with Gasteiger partial charge in [0, 0.05) is 12.6 Å². The molecule has 2 N–H and O–H groups in total. The number of aromatic amines is 1. The van der Waals surface area contributed by atoms with Gasteiger partial charge in [-0.2, -0.15) is 0 Å². The number of H-pyrrole nitrogens is 1. The summed E-state index contributed by atoms with van der Waals surface area (Å²) in [5.41, 5.74) is 0.606. The van der Waals surface area contributed by atoms with Crippen molar-refractivity contribution in [1.82, 2.24) is 9.97 Å². The van der Waals surface area contributed by atoms with Crippen LogP contribution in [0.3, 0.4) is 0 Å². The molecular formula is C12H19N3O. The smallest absolute Gasteiger partial charge is 0.252 e. The van der Waals surface area contributed by atoms with E-state index < -0.39 is 0 Å². The lowest BCUT2D eigenvalue weighted by molar-refractivity contribution is 0.457. The van der Waals surface area contributed by atoms with Crippen LogP contribution in [0.4, 0.5) is 5.82 Å². The molecule has 1 saturated carbocycles. The first kappa shape index (κ1) is 11.2. The van der Waals surface area contributed by atoms with Gasteiger partial charge in [-0.3, -0.25) is 4.79 Å². The zero-order valence-electron chi connectivity index (χ0n) is 10.3. The molecule has 4 nitrogen and oxygen atoms in total. The Hall–Kier alpha value is -1.32. The van der Waals surface area contributed by atoms with E-state index in [9.17, 15) is 4.79 Å². The maximum absolute atomic E-state index is 11.1. The van der Waals surface area contributed by atoms with Crippen LogP contribution in [0, 0.1) is 16.7 Å². The molecule has 2 rings (SSSR count). The molecule has 0 amide bonds. The summed E-state index contributed by atoms with van der Waals surface area (Å²) >= 11 is 0. The minimum Gasteiger partial charge on any atom is -0.370 e. The second-order valence-electron chi connectivity index (χ2n) is 5.67. The fraction of sp³-hybridized carbons (Fsp3) is 0.667.